The molecule has 12 nitrogen and oxygen atoms in total. The average Bonchev–Trinajstić information content (AvgIpc) is 2.43. The number of hydrogen-bond donors (Lipinski definition) is 0. The van der Waals surface area contributed by atoms with Crippen LogP contribution in [0.1, 0.15) is 27.7 Å². The van der Waals surface area contributed by atoms with Gasteiger partial charge in [-0.05, 0) is 27.7 Å². The molecule has 0 fully saturated rings. The van der Waals surface area contributed by atoms with Crippen molar-refractivity contribution in [1.29, 1.82) is 0 Å². The molecule has 2 unspecified atom stereocenters. The molecule has 0 spiro atoms. The minimum Gasteiger partial charge on any atom is -0.298 e. The first-order valence-corrected chi connectivity index (χ1v) is 6.74. The Morgan fingerprint density at radius 1 is 0.920 bits per heavy atom. The summed E-state index contributed by atoms with van der Waals surface area (Å²) in [4.78, 5) is 66.6. The van der Waals surface area contributed by atoms with Gasteiger partial charge in [-0.15, -0.1) is 0 Å². The summed E-state index contributed by atoms with van der Waals surface area (Å²) < 4.78 is 0. The Morgan fingerprint density at radius 3 is 1.64 bits per heavy atom. The molecule has 1 aliphatic rings. The van der Waals surface area contributed by atoms with E-state index < -0.39 is 66.1 Å². The summed E-state index contributed by atoms with van der Waals surface area (Å²) in [5, 5.41) is 34.4. The first-order chi connectivity index (χ1) is 11.3. The average molecular weight is 355 g/mol. The molecule has 0 radical (unpaired) electrons. The second-order valence-corrected chi connectivity index (χ2v) is 5.56. The summed E-state index contributed by atoms with van der Waals surface area (Å²) >= 11 is 0. The second-order valence-electron chi connectivity index (χ2n) is 5.56. The lowest BCUT2D eigenvalue weighted by Crippen LogP contribution is -2.53. The Morgan fingerprint density at radius 2 is 1.40 bits per heavy atom. The summed E-state index contributed by atoms with van der Waals surface area (Å²) in [5.74, 6) is -3.38. The number of nitro groups is 3. The lowest BCUT2D eigenvalue weighted by Gasteiger charge is -2.31. The van der Waals surface area contributed by atoms with Gasteiger partial charge in [-0.2, -0.15) is 0 Å². The van der Waals surface area contributed by atoms with Crippen LogP contribution >= 0.6 is 0 Å². The Hall–Kier alpha value is -3.31. The van der Waals surface area contributed by atoms with Gasteiger partial charge < -0.3 is 0 Å². The van der Waals surface area contributed by atoms with Gasteiger partial charge in [0.2, 0.25) is 0 Å². The van der Waals surface area contributed by atoms with E-state index in [1.54, 1.807) is 0 Å². The van der Waals surface area contributed by atoms with Crippen LogP contribution in [0.3, 0.4) is 0 Å². The van der Waals surface area contributed by atoms with Crippen LogP contribution in [0.15, 0.2) is 22.5 Å². The van der Waals surface area contributed by atoms with Crippen molar-refractivity contribution in [2.24, 2.45) is 5.41 Å². The number of ketones is 3. The smallest absolute Gasteiger partial charge is 0.298 e. The maximum Gasteiger partial charge on any atom is 0.300 e. The van der Waals surface area contributed by atoms with Gasteiger partial charge in [0.15, 0.2) is 28.3 Å². The van der Waals surface area contributed by atoms with Crippen LogP contribution in [0.25, 0.3) is 0 Å². The highest BCUT2D eigenvalue weighted by molar-refractivity contribution is 6.06. The fraction of sp³-hybridized carbons (Fsp3) is 0.462. The predicted molar refractivity (Wildman–Crippen MR) is 79.0 cm³/mol. The van der Waals surface area contributed by atoms with Crippen molar-refractivity contribution >= 4 is 17.3 Å². The third kappa shape index (κ3) is 2.81. The summed E-state index contributed by atoms with van der Waals surface area (Å²) in [7, 11) is 0. The quantitative estimate of drug-likeness (QED) is 0.483. The molecule has 0 aliphatic heterocycles. The van der Waals surface area contributed by atoms with Crippen molar-refractivity contribution in [3.8, 4) is 0 Å². The highest BCUT2D eigenvalue weighted by atomic mass is 16.6. The lowest BCUT2D eigenvalue weighted by atomic mass is 9.66. The topological polar surface area (TPSA) is 181 Å². The Labute approximate surface area is 139 Å². The Balaban J connectivity index is 4.32. The van der Waals surface area contributed by atoms with Gasteiger partial charge in [-0.25, -0.2) is 0 Å². The van der Waals surface area contributed by atoms with Gasteiger partial charge in [-0.1, -0.05) is 0 Å². The zero-order valence-electron chi connectivity index (χ0n) is 13.6. The van der Waals surface area contributed by atoms with Crippen LogP contribution in [-0.2, 0) is 14.4 Å². The highest BCUT2D eigenvalue weighted by Gasteiger charge is 2.66. The molecule has 0 aromatic rings. The third-order valence-electron chi connectivity index (χ3n) is 4.08. The summed E-state index contributed by atoms with van der Waals surface area (Å²) in [6, 6.07) is -2.37. The maximum atomic E-state index is 12.1. The first kappa shape index (κ1) is 19.7. The van der Waals surface area contributed by atoms with Gasteiger partial charge in [0.1, 0.15) is 5.57 Å². The number of nitrogens with zero attached hydrogens (tertiary/aromatic N) is 3. The van der Waals surface area contributed by atoms with Crippen LogP contribution < -0.4 is 0 Å². The summed E-state index contributed by atoms with van der Waals surface area (Å²) in [6.07, 6.45) is 0. The number of hydrogen-bond acceptors (Lipinski definition) is 9. The molecule has 2 atom stereocenters. The molecule has 0 heterocycles. The monoisotopic (exact) mass is 355 g/mol. The maximum absolute atomic E-state index is 12.1. The number of carbonyl (C=O) groups excluding carboxylic acids is 3. The molecule has 0 aromatic heterocycles. The van der Waals surface area contributed by atoms with Gasteiger partial charge in [-0.3, -0.25) is 44.7 Å². The molecule has 0 saturated heterocycles. The van der Waals surface area contributed by atoms with Crippen LogP contribution in [-0.4, -0.2) is 38.2 Å². The number of carbonyl (C=O) groups is 3. The largest absolute Gasteiger partial charge is 0.300 e. The zero-order valence-corrected chi connectivity index (χ0v) is 13.6. The summed E-state index contributed by atoms with van der Waals surface area (Å²) in [5.41, 5.74) is -7.22. The summed E-state index contributed by atoms with van der Waals surface area (Å²) in [6.45, 7) is 3.19. The molecule has 0 N–H and O–H groups in total. The standard InChI is InChI=1S/C13H13N3O9/c1-5(17)8-10(14(20)21)9(6(2)18)12(16(24)25)13(4,7(3)19)11(8)15(22)23/h11H,1-4H3. The normalized spacial score (nSPS) is 23.3. The van der Waals surface area contributed by atoms with Crippen molar-refractivity contribution in [2.75, 3.05) is 0 Å². The van der Waals surface area contributed by atoms with E-state index >= 15 is 0 Å². The highest BCUT2D eigenvalue weighted by Crippen LogP contribution is 2.46. The molecule has 1 rings (SSSR count). The molecular weight excluding hydrogens is 342 g/mol. The van der Waals surface area contributed by atoms with E-state index in [0.717, 1.165) is 27.7 Å². The lowest BCUT2D eigenvalue weighted by molar-refractivity contribution is -0.541. The number of rotatable bonds is 6. The van der Waals surface area contributed by atoms with Gasteiger partial charge in [0.25, 0.3) is 11.7 Å². The fourth-order valence-electron chi connectivity index (χ4n) is 2.89. The number of Topliss-reactive ketones (excluding diaryl/α,β-unsaturated/α-hetero) is 3. The van der Waals surface area contributed by atoms with E-state index in [1.165, 1.54) is 0 Å². The minimum atomic E-state index is -2.53. The molecule has 1 aliphatic carbocycles. The van der Waals surface area contributed by atoms with Crippen molar-refractivity contribution in [1.82, 2.24) is 0 Å². The van der Waals surface area contributed by atoms with Crippen LogP contribution in [0.2, 0.25) is 0 Å². The predicted octanol–water partition coefficient (Wildman–Crippen LogP) is 0.480. The molecule has 134 valence electrons. The van der Waals surface area contributed by atoms with Crippen LogP contribution in [0.4, 0.5) is 0 Å². The fourth-order valence-corrected chi connectivity index (χ4v) is 2.89. The first-order valence-electron chi connectivity index (χ1n) is 6.74. The van der Waals surface area contributed by atoms with Crippen molar-refractivity contribution in [3.63, 3.8) is 0 Å². The molecular formula is C13H13N3O9. The van der Waals surface area contributed by atoms with Crippen LogP contribution in [0.5, 0.6) is 0 Å². The third-order valence-corrected chi connectivity index (χ3v) is 4.08. The van der Waals surface area contributed by atoms with E-state index in [2.05, 4.69) is 0 Å². The molecule has 12 heteroatoms. The van der Waals surface area contributed by atoms with Crippen molar-refractivity contribution < 1.29 is 29.2 Å². The molecule has 0 amide bonds. The Kier molecular flexibility index (Phi) is 4.97. The van der Waals surface area contributed by atoms with Gasteiger partial charge in [0, 0.05) is 4.92 Å². The zero-order chi connectivity index (χ0) is 19.9. The Bertz CT molecular complexity index is 808. The van der Waals surface area contributed by atoms with Gasteiger partial charge >= 0.3 is 5.70 Å². The van der Waals surface area contributed by atoms with Crippen molar-refractivity contribution in [3.05, 3.63) is 52.9 Å². The molecule has 0 aromatic carbocycles. The van der Waals surface area contributed by atoms with Crippen LogP contribution in [0, 0.1) is 35.8 Å². The molecule has 25 heavy (non-hydrogen) atoms. The second kappa shape index (κ2) is 6.30. The van der Waals surface area contributed by atoms with E-state index in [4.69, 9.17) is 0 Å². The van der Waals surface area contributed by atoms with E-state index in [0.29, 0.717) is 0 Å². The van der Waals surface area contributed by atoms with Crippen molar-refractivity contribution in [2.45, 2.75) is 33.7 Å². The van der Waals surface area contributed by atoms with E-state index in [1.807, 2.05) is 0 Å². The SMILES string of the molecule is CC(=O)C1=C([N+](=O)[O-])C(C)(C(C)=O)C([N+](=O)[O-])C(C(C)=O)=C1[N+](=O)[O-]. The van der Waals surface area contributed by atoms with Gasteiger partial charge in [0.05, 0.1) is 9.85 Å². The molecule has 0 bridgehead atoms. The van der Waals surface area contributed by atoms with E-state index in [-0.39, 0.29) is 0 Å². The number of allylic oxidation sites excluding steroid dienone is 1. The minimum absolute atomic E-state index is 0.771. The molecule has 0 saturated carbocycles. The van der Waals surface area contributed by atoms with E-state index in [9.17, 15) is 44.7 Å².